The second-order valence-corrected chi connectivity index (χ2v) is 5.48. The third kappa shape index (κ3) is 1.36. The first-order chi connectivity index (χ1) is 8.50. The molecule has 3 nitrogen and oxygen atoms in total. The third-order valence-corrected chi connectivity index (χ3v) is 4.60. The highest BCUT2D eigenvalue weighted by atomic mass is 16.6. The molecular weight excluding hydrogens is 228 g/mol. The summed E-state index contributed by atoms with van der Waals surface area (Å²) in [5.41, 5.74) is 2.23. The first kappa shape index (κ1) is 11.5. The fourth-order valence-electron chi connectivity index (χ4n) is 3.53. The molecule has 3 fully saturated rings. The molecule has 4 atom stereocenters. The molecule has 1 aliphatic heterocycles. The average molecular weight is 244 g/mol. The van der Waals surface area contributed by atoms with Gasteiger partial charge in [0.2, 0.25) is 0 Å². The molecule has 0 bridgehead atoms. The van der Waals surface area contributed by atoms with Gasteiger partial charge in [0.05, 0.1) is 0 Å². The molecule has 0 amide bonds. The van der Waals surface area contributed by atoms with E-state index in [1.807, 2.05) is 0 Å². The molecular formula is C15H16O3. The zero-order chi connectivity index (χ0) is 13.0. The van der Waals surface area contributed by atoms with Gasteiger partial charge in [-0.25, -0.2) is 4.79 Å². The number of hydrogen-bond donors (Lipinski definition) is 0. The maximum atomic E-state index is 11.8. The van der Waals surface area contributed by atoms with E-state index in [1.54, 1.807) is 0 Å². The lowest BCUT2D eigenvalue weighted by Gasteiger charge is -2.25. The van der Waals surface area contributed by atoms with Crippen molar-refractivity contribution in [1.29, 1.82) is 0 Å². The first-order valence-electron chi connectivity index (χ1n) is 6.30. The summed E-state index contributed by atoms with van der Waals surface area (Å²) in [4.78, 5) is 23.5. The molecule has 2 aliphatic carbocycles. The summed E-state index contributed by atoms with van der Waals surface area (Å²) in [5, 5.41) is 0. The van der Waals surface area contributed by atoms with Gasteiger partial charge in [0.1, 0.15) is 6.10 Å². The topological polar surface area (TPSA) is 43.4 Å². The molecule has 3 aliphatic rings. The molecule has 1 heterocycles. The van der Waals surface area contributed by atoms with Crippen LogP contribution in [0.4, 0.5) is 0 Å². The van der Waals surface area contributed by atoms with E-state index in [1.165, 1.54) is 0 Å². The molecule has 2 saturated carbocycles. The van der Waals surface area contributed by atoms with Crippen LogP contribution in [0.5, 0.6) is 0 Å². The maximum absolute atomic E-state index is 11.8. The van der Waals surface area contributed by atoms with E-state index in [9.17, 15) is 9.59 Å². The van der Waals surface area contributed by atoms with Crippen molar-refractivity contribution in [2.45, 2.75) is 25.4 Å². The second kappa shape index (κ2) is 3.67. The molecule has 0 spiro atoms. The second-order valence-electron chi connectivity index (χ2n) is 5.48. The molecule has 0 aromatic heterocycles. The van der Waals surface area contributed by atoms with Gasteiger partial charge in [-0.1, -0.05) is 25.3 Å². The number of ether oxygens (including phenoxy) is 1. The molecule has 94 valence electrons. The Morgan fingerprint density at radius 2 is 1.78 bits per heavy atom. The number of Topliss-reactive ketones (excluding diaryl/α,β-unsaturated/α-hetero) is 1. The van der Waals surface area contributed by atoms with Crippen molar-refractivity contribution in [2.24, 2.45) is 17.8 Å². The minimum Gasteiger partial charge on any atom is -0.458 e. The van der Waals surface area contributed by atoms with Crippen LogP contribution in [0.1, 0.15) is 19.3 Å². The molecule has 0 aromatic rings. The van der Waals surface area contributed by atoms with Crippen LogP contribution in [0.3, 0.4) is 0 Å². The van der Waals surface area contributed by atoms with Gasteiger partial charge in [0.25, 0.3) is 0 Å². The lowest BCUT2D eigenvalue weighted by Crippen LogP contribution is -2.28. The third-order valence-electron chi connectivity index (χ3n) is 4.60. The van der Waals surface area contributed by atoms with E-state index in [2.05, 4.69) is 19.7 Å². The maximum Gasteiger partial charge on any atom is 0.334 e. The van der Waals surface area contributed by atoms with Crippen LogP contribution in [-0.4, -0.2) is 17.9 Å². The summed E-state index contributed by atoms with van der Waals surface area (Å²) < 4.78 is 5.45. The Labute approximate surface area is 106 Å². The Bertz CT molecular complexity index is 500. The lowest BCUT2D eigenvalue weighted by atomic mass is 9.82. The Hall–Kier alpha value is -1.64. The van der Waals surface area contributed by atoms with E-state index in [0.29, 0.717) is 17.6 Å². The average Bonchev–Trinajstić information content (AvgIpc) is 2.72. The smallest absolute Gasteiger partial charge is 0.334 e. The normalized spacial score (nSPS) is 39.4. The van der Waals surface area contributed by atoms with Crippen LogP contribution in [0.15, 0.2) is 36.5 Å². The van der Waals surface area contributed by atoms with Crippen molar-refractivity contribution in [3.8, 4) is 0 Å². The Balaban J connectivity index is 2.04. The van der Waals surface area contributed by atoms with Gasteiger partial charge in [0, 0.05) is 23.8 Å². The fraction of sp³-hybridized carbons (Fsp3) is 0.467. The lowest BCUT2D eigenvalue weighted by molar-refractivity contribution is -0.141. The highest BCUT2D eigenvalue weighted by molar-refractivity contribution is 5.99. The predicted octanol–water partition coefficient (Wildman–Crippen LogP) is 2.20. The van der Waals surface area contributed by atoms with Crippen molar-refractivity contribution < 1.29 is 14.3 Å². The SMILES string of the molecule is C=C1C(=O)C[C@H]2C(=C)CC[C@H]3C(=C)C(=O)O[C@@H]3[C@@H]12. The summed E-state index contributed by atoms with van der Waals surface area (Å²) in [6.07, 6.45) is 1.88. The Morgan fingerprint density at radius 3 is 2.50 bits per heavy atom. The number of allylic oxidation sites excluding steroid dienone is 1. The molecule has 0 aromatic carbocycles. The van der Waals surface area contributed by atoms with E-state index in [-0.39, 0.29) is 35.6 Å². The summed E-state index contributed by atoms with van der Waals surface area (Å²) in [7, 11) is 0. The van der Waals surface area contributed by atoms with Crippen LogP contribution in [0, 0.1) is 17.8 Å². The first-order valence-corrected chi connectivity index (χ1v) is 6.30. The number of rotatable bonds is 0. The highest BCUT2D eigenvalue weighted by Crippen LogP contribution is 2.50. The molecule has 3 rings (SSSR count). The van der Waals surface area contributed by atoms with E-state index in [4.69, 9.17) is 4.74 Å². The summed E-state index contributed by atoms with van der Waals surface area (Å²) in [6, 6.07) is 0. The van der Waals surface area contributed by atoms with Crippen LogP contribution in [0.25, 0.3) is 0 Å². The van der Waals surface area contributed by atoms with E-state index < -0.39 is 0 Å². The Kier molecular flexibility index (Phi) is 2.34. The number of ketones is 1. The van der Waals surface area contributed by atoms with Crippen molar-refractivity contribution >= 4 is 11.8 Å². The van der Waals surface area contributed by atoms with Crippen molar-refractivity contribution in [3.05, 3.63) is 36.5 Å². The fourth-order valence-corrected chi connectivity index (χ4v) is 3.53. The minimum absolute atomic E-state index is 0.0203. The zero-order valence-corrected chi connectivity index (χ0v) is 10.3. The van der Waals surface area contributed by atoms with Crippen molar-refractivity contribution in [2.75, 3.05) is 0 Å². The summed E-state index contributed by atoms with van der Waals surface area (Å²) in [5.74, 6) is -0.199. The highest BCUT2D eigenvalue weighted by Gasteiger charge is 2.52. The van der Waals surface area contributed by atoms with Gasteiger partial charge in [-0.05, 0) is 24.3 Å². The van der Waals surface area contributed by atoms with Gasteiger partial charge in [0.15, 0.2) is 5.78 Å². The van der Waals surface area contributed by atoms with Gasteiger partial charge in [-0.2, -0.15) is 0 Å². The molecule has 0 radical (unpaired) electrons. The number of esters is 1. The van der Waals surface area contributed by atoms with Crippen LogP contribution < -0.4 is 0 Å². The number of hydrogen-bond acceptors (Lipinski definition) is 3. The predicted molar refractivity (Wildman–Crippen MR) is 66.6 cm³/mol. The molecule has 3 heteroatoms. The van der Waals surface area contributed by atoms with Crippen molar-refractivity contribution in [1.82, 2.24) is 0 Å². The summed E-state index contributed by atoms with van der Waals surface area (Å²) in [6.45, 7) is 11.8. The minimum atomic E-state index is -0.316. The van der Waals surface area contributed by atoms with Crippen LogP contribution in [0.2, 0.25) is 0 Å². The Morgan fingerprint density at radius 1 is 1.06 bits per heavy atom. The number of fused-ring (bicyclic) bond motifs is 3. The molecule has 1 saturated heterocycles. The molecule has 0 unspecified atom stereocenters. The van der Waals surface area contributed by atoms with Gasteiger partial charge >= 0.3 is 5.97 Å². The summed E-state index contributed by atoms with van der Waals surface area (Å²) >= 11 is 0. The van der Waals surface area contributed by atoms with Gasteiger partial charge < -0.3 is 4.74 Å². The largest absolute Gasteiger partial charge is 0.458 e. The van der Waals surface area contributed by atoms with Gasteiger partial charge in [-0.3, -0.25) is 4.79 Å². The molecule has 0 N–H and O–H groups in total. The standard InChI is InChI=1S/C15H16O3/c1-7-4-5-10-8(2)15(17)18-14(10)13-9(3)12(16)6-11(7)13/h10-11,13-14H,1-6H2/t10-,11-,13-,14-/m0/s1. The number of carbonyl (C=O) groups excluding carboxylic acids is 2. The van der Waals surface area contributed by atoms with Crippen LogP contribution in [-0.2, 0) is 14.3 Å². The van der Waals surface area contributed by atoms with E-state index in [0.717, 1.165) is 18.4 Å². The van der Waals surface area contributed by atoms with Crippen molar-refractivity contribution in [3.63, 3.8) is 0 Å². The van der Waals surface area contributed by atoms with Crippen LogP contribution >= 0.6 is 0 Å². The molecule has 18 heavy (non-hydrogen) atoms. The van der Waals surface area contributed by atoms with Gasteiger partial charge in [-0.15, -0.1) is 0 Å². The zero-order valence-electron chi connectivity index (χ0n) is 10.3. The number of carbonyl (C=O) groups is 2. The quantitative estimate of drug-likeness (QED) is 0.373. The van der Waals surface area contributed by atoms with E-state index >= 15 is 0 Å². The monoisotopic (exact) mass is 244 g/mol.